The van der Waals surface area contributed by atoms with Crippen molar-refractivity contribution in [3.8, 4) is 0 Å². The number of urea groups is 1. The molecule has 0 aromatic heterocycles. The second-order valence-electron chi connectivity index (χ2n) is 5.34. The van der Waals surface area contributed by atoms with Crippen LogP contribution < -0.4 is 5.32 Å². The lowest BCUT2D eigenvalue weighted by Gasteiger charge is -2.34. The standard InChI is InChI=1S/C15H20F3N3O/c1-2-3-6-20-7-9-21(10-8-20)15(22)19-12-5-4-11(16)13(17)14(12)18/h4-5H,2-3,6-10H2,1H3,(H,19,22). The van der Waals surface area contributed by atoms with E-state index in [1.807, 2.05) is 0 Å². The third-order valence-electron chi connectivity index (χ3n) is 3.76. The second-order valence-corrected chi connectivity index (χ2v) is 5.34. The van der Waals surface area contributed by atoms with Crippen molar-refractivity contribution in [2.24, 2.45) is 0 Å². The summed E-state index contributed by atoms with van der Waals surface area (Å²) in [7, 11) is 0. The number of rotatable bonds is 4. The van der Waals surface area contributed by atoms with E-state index in [-0.39, 0.29) is 5.69 Å². The molecule has 1 heterocycles. The molecule has 0 unspecified atom stereocenters. The highest BCUT2D eigenvalue weighted by Crippen LogP contribution is 2.20. The number of carbonyl (C=O) groups excluding carboxylic acids is 1. The van der Waals surface area contributed by atoms with Crippen molar-refractivity contribution in [1.29, 1.82) is 0 Å². The van der Waals surface area contributed by atoms with Crippen molar-refractivity contribution >= 4 is 11.7 Å². The number of halogens is 3. The molecule has 1 aliphatic heterocycles. The Morgan fingerprint density at radius 3 is 2.45 bits per heavy atom. The van der Waals surface area contributed by atoms with E-state index in [9.17, 15) is 18.0 Å². The Kier molecular flexibility index (Phi) is 5.65. The molecule has 0 aliphatic carbocycles. The van der Waals surface area contributed by atoms with E-state index in [1.165, 1.54) is 0 Å². The molecule has 1 aliphatic rings. The van der Waals surface area contributed by atoms with Crippen molar-refractivity contribution in [1.82, 2.24) is 9.80 Å². The number of benzene rings is 1. The van der Waals surface area contributed by atoms with E-state index in [0.717, 1.165) is 44.6 Å². The molecule has 7 heteroatoms. The van der Waals surface area contributed by atoms with Crippen molar-refractivity contribution in [2.75, 3.05) is 38.0 Å². The van der Waals surface area contributed by atoms with Crippen molar-refractivity contribution in [2.45, 2.75) is 19.8 Å². The minimum Gasteiger partial charge on any atom is -0.322 e. The van der Waals surface area contributed by atoms with Gasteiger partial charge in [0.2, 0.25) is 0 Å². The maximum absolute atomic E-state index is 13.5. The number of piperazine rings is 1. The average molecular weight is 315 g/mol. The molecule has 2 rings (SSSR count). The summed E-state index contributed by atoms with van der Waals surface area (Å²) in [5, 5.41) is 2.29. The van der Waals surface area contributed by atoms with Gasteiger partial charge in [0.05, 0.1) is 5.69 Å². The maximum atomic E-state index is 13.5. The molecule has 122 valence electrons. The summed E-state index contributed by atoms with van der Waals surface area (Å²) >= 11 is 0. The molecule has 22 heavy (non-hydrogen) atoms. The Bertz CT molecular complexity index is 531. The first-order chi connectivity index (χ1) is 10.5. The zero-order valence-electron chi connectivity index (χ0n) is 12.5. The maximum Gasteiger partial charge on any atom is 0.322 e. The first-order valence-electron chi connectivity index (χ1n) is 7.44. The smallest absolute Gasteiger partial charge is 0.322 e. The van der Waals surface area contributed by atoms with Crippen LogP contribution in [-0.2, 0) is 0 Å². The predicted octanol–water partition coefficient (Wildman–Crippen LogP) is 3.05. The number of hydrogen-bond acceptors (Lipinski definition) is 2. The molecule has 1 saturated heterocycles. The van der Waals surface area contributed by atoms with Gasteiger partial charge < -0.3 is 10.2 Å². The highest BCUT2D eigenvalue weighted by Gasteiger charge is 2.22. The molecule has 0 spiro atoms. The lowest BCUT2D eigenvalue weighted by Crippen LogP contribution is -2.50. The van der Waals surface area contributed by atoms with Crippen LogP contribution in [0.1, 0.15) is 19.8 Å². The van der Waals surface area contributed by atoms with E-state index in [2.05, 4.69) is 17.1 Å². The molecule has 1 fully saturated rings. The molecule has 0 saturated carbocycles. The summed E-state index contributed by atoms with van der Waals surface area (Å²) < 4.78 is 39.5. The molecule has 0 radical (unpaired) electrons. The van der Waals surface area contributed by atoms with Gasteiger partial charge in [0.25, 0.3) is 0 Å². The first-order valence-corrected chi connectivity index (χ1v) is 7.44. The normalized spacial score (nSPS) is 15.9. The molecule has 1 N–H and O–H groups in total. The minimum absolute atomic E-state index is 0.350. The third kappa shape index (κ3) is 3.91. The van der Waals surface area contributed by atoms with Crippen LogP contribution in [0.15, 0.2) is 12.1 Å². The van der Waals surface area contributed by atoms with Gasteiger partial charge in [-0.2, -0.15) is 0 Å². The lowest BCUT2D eigenvalue weighted by atomic mass is 10.2. The number of nitrogens with zero attached hydrogens (tertiary/aromatic N) is 2. The minimum atomic E-state index is -1.58. The topological polar surface area (TPSA) is 35.6 Å². The summed E-state index contributed by atoms with van der Waals surface area (Å²) in [6.45, 7) is 5.70. The molecule has 1 aromatic carbocycles. The van der Waals surface area contributed by atoms with E-state index < -0.39 is 23.5 Å². The van der Waals surface area contributed by atoms with Crippen LogP contribution in [0.3, 0.4) is 0 Å². The SMILES string of the molecule is CCCCN1CCN(C(=O)Nc2ccc(F)c(F)c2F)CC1. The second kappa shape index (κ2) is 7.49. The molecular weight excluding hydrogens is 295 g/mol. The summed E-state index contributed by atoms with van der Waals surface area (Å²) in [6, 6.07) is 1.31. The van der Waals surface area contributed by atoms with Crippen LogP contribution in [0.25, 0.3) is 0 Å². The first kappa shape index (κ1) is 16.6. The molecule has 4 nitrogen and oxygen atoms in total. The quantitative estimate of drug-likeness (QED) is 0.867. The van der Waals surface area contributed by atoms with Gasteiger partial charge >= 0.3 is 6.03 Å². The fourth-order valence-electron chi connectivity index (χ4n) is 2.37. The Balaban J connectivity index is 1.90. The number of carbonyl (C=O) groups is 1. The van der Waals surface area contributed by atoms with Gasteiger partial charge in [0, 0.05) is 26.2 Å². The van der Waals surface area contributed by atoms with E-state index in [0.29, 0.717) is 13.1 Å². The summed E-state index contributed by atoms with van der Waals surface area (Å²) in [4.78, 5) is 15.9. The van der Waals surface area contributed by atoms with Crippen molar-refractivity contribution in [3.05, 3.63) is 29.6 Å². The van der Waals surface area contributed by atoms with E-state index >= 15 is 0 Å². The van der Waals surface area contributed by atoms with Gasteiger partial charge in [-0.05, 0) is 25.1 Å². The van der Waals surface area contributed by atoms with Crippen molar-refractivity contribution < 1.29 is 18.0 Å². The monoisotopic (exact) mass is 315 g/mol. The van der Waals surface area contributed by atoms with Gasteiger partial charge in [0.15, 0.2) is 17.5 Å². The van der Waals surface area contributed by atoms with E-state index in [4.69, 9.17) is 0 Å². The van der Waals surface area contributed by atoms with Gasteiger partial charge in [-0.3, -0.25) is 4.90 Å². The largest absolute Gasteiger partial charge is 0.322 e. The van der Waals surface area contributed by atoms with Crippen LogP contribution in [-0.4, -0.2) is 48.6 Å². The zero-order valence-corrected chi connectivity index (χ0v) is 12.5. The number of hydrogen-bond donors (Lipinski definition) is 1. The fourth-order valence-corrected chi connectivity index (χ4v) is 2.37. The molecule has 0 bridgehead atoms. The molecule has 2 amide bonds. The highest BCUT2D eigenvalue weighted by molar-refractivity contribution is 5.89. The summed E-state index contributed by atoms with van der Waals surface area (Å²) in [5.74, 6) is -4.24. The average Bonchev–Trinajstić information content (AvgIpc) is 2.54. The Morgan fingerprint density at radius 1 is 1.14 bits per heavy atom. The lowest BCUT2D eigenvalue weighted by molar-refractivity contribution is 0.146. The van der Waals surface area contributed by atoms with Crippen LogP contribution in [0.2, 0.25) is 0 Å². The molecule has 0 atom stereocenters. The van der Waals surface area contributed by atoms with Gasteiger partial charge in [-0.25, -0.2) is 18.0 Å². The molecular formula is C15H20F3N3O. The van der Waals surface area contributed by atoms with Gasteiger partial charge in [-0.1, -0.05) is 13.3 Å². The van der Waals surface area contributed by atoms with Crippen LogP contribution in [0.4, 0.5) is 23.7 Å². The van der Waals surface area contributed by atoms with Crippen LogP contribution in [0, 0.1) is 17.5 Å². The summed E-state index contributed by atoms with van der Waals surface area (Å²) in [5.41, 5.74) is -0.350. The fraction of sp³-hybridized carbons (Fsp3) is 0.533. The van der Waals surface area contributed by atoms with E-state index in [1.54, 1.807) is 4.90 Å². The third-order valence-corrected chi connectivity index (χ3v) is 3.76. The Morgan fingerprint density at radius 2 is 1.82 bits per heavy atom. The zero-order chi connectivity index (χ0) is 16.1. The Hall–Kier alpha value is -1.76. The number of anilines is 1. The van der Waals surface area contributed by atoms with Crippen LogP contribution in [0.5, 0.6) is 0 Å². The van der Waals surface area contributed by atoms with Gasteiger partial charge in [0.1, 0.15) is 0 Å². The predicted molar refractivity (Wildman–Crippen MR) is 78.3 cm³/mol. The number of unbranched alkanes of at least 4 members (excludes halogenated alkanes) is 1. The molecule has 1 aromatic rings. The van der Waals surface area contributed by atoms with Crippen molar-refractivity contribution in [3.63, 3.8) is 0 Å². The summed E-state index contributed by atoms with van der Waals surface area (Å²) in [6.07, 6.45) is 2.24. The number of nitrogens with one attached hydrogen (secondary N) is 1. The highest BCUT2D eigenvalue weighted by atomic mass is 19.2. The Labute approximate surface area is 127 Å². The number of amides is 2. The van der Waals surface area contributed by atoms with Gasteiger partial charge in [-0.15, -0.1) is 0 Å². The van der Waals surface area contributed by atoms with Crippen LogP contribution >= 0.6 is 0 Å².